The van der Waals surface area contributed by atoms with Gasteiger partial charge in [-0.1, -0.05) is 6.58 Å². The van der Waals surface area contributed by atoms with Crippen LogP contribution in [0.2, 0.25) is 0 Å². The maximum atomic E-state index is 12.6. The number of carbonyl (C=O) groups is 1. The Morgan fingerprint density at radius 3 is 2.07 bits per heavy atom. The molecule has 0 saturated heterocycles. The van der Waals surface area contributed by atoms with E-state index < -0.39 is 24.1 Å². The van der Waals surface area contributed by atoms with E-state index in [1.807, 2.05) is 0 Å². The van der Waals surface area contributed by atoms with Gasteiger partial charge in [0.15, 0.2) is 0 Å². The van der Waals surface area contributed by atoms with Gasteiger partial charge < -0.3 is 9.84 Å². The Kier molecular flexibility index (Phi) is 3.87. The van der Waals surface area contributed by atoms with E-state index in [1.165, 1.54) is 0 Å². The van der Waals surface area contributed by atoms with E-state index in [9.17, 15) is 22.4 Å². The second-order valence-electron chi connectivity index (χ2n) is 3.05. The molecular formula is C8H10F4O3. The molecule has 0 heterocycles. The van der Waals surface area contributed by atoms with Crippen LogP contribution in [0.1, 0.15) is 13.8 Å². The quantitative estimate of drug-likeness (QED) is 0.346. The molecule has 0 rings (SSSR count). The van der Waals surface area contributed by atoms with Crippen LogP contribution < -0.4 is 0 Å². The minimum atomic E-state index is -4.85. The summed E-state index contributed by atoms with van der Waals surface area (Å²) in [6.45, 7) is 4.06. The molecule has 1 N–H and O–H groups in total. The highest BCUT2D eigenvalue weighted by atomic mass is 19.3. The van der Waals surface area contributed by atoms with Gasteiger partial charge in [0, 0.05) is 12.5 Å². The largest absolute Gasteiger partial charge is 0.426 e. The maximum absolute atomic E-state index is 12.6. The van der Waals surface area contributed by atoms with E-state index in [4.69, 9.17) is 5.11 Å². The summed E-state index contributed by atoms with van der Waals surface area (Å²) in [7, 11) is 0. The zero-order valence-corrected chi connectivity index (χ0v) is 8.06. The number of aliphatic hydroxyl groups excluding tert-OH is 1. The van der Waals surface area contributed by atoms with Crippen LogP contribution in [-0.4, -0.2) is 29.2 Å². The second-order valence-corrected chi connectivity index (χ2v) is 3.05. The number of halogens is 4. The molecule has 0 aliphatic rings. The Morgan fingerprint density at radius 2 is 1.80 bits per heavy atom. The molecule has 0 aromatic carbocycles. The average Bonchev–Trinajstić information content (AvgIpc) is 2.01. The molecule has 1 atom stereocenters. The minimum absolute atomic E-state index is 0.0924. The van der Waals surface area contributed by atoms with E-state index >= 15 is 0 Å². The first kappa shape index (κ1) is 13.9. The Morgan fingerprint density at radius 1 is 1.40 bits per heavy atom. The van der Waals surface area contributed by atoms with Gasteiger partial charge in [-0.05, 0) is 6.92 Å². The van der Waals surface area contributed by atoms with Crippen LogP contribution in [-0.2, 0) is 9.53 Å². The summed E-state index contributed by atoms with van der Waals surface area (Å²) in [4.78, 5) is 10.7. The van der Waals surface area contributed by atoms with Gasteiger partial charge in [0.05, 0.1) is 0 Å². The Hall–Kier alpha value is -1.11. The smallest absolute Gasteiger partial charge is 0.370 e. The molecule has 1 unspecified atom stereocenters. The second kappa shape index (κ2) is 4.18. The van der Waals surface area contributed by atoms with Gasteiger partial charge in [-0.3, -0.25) is 0 Å². The fourth-order valence-electron chi connectivity index (χ4n) is 0.493. The van der Waals surface area contributed by atoms with E-state index in [0.717, 1.165) is 6.92 Å². The van der Waals surface area contributed by atoms with Crippen LogP contribution in [0.25, 0.3) is 0 Å². The maximum Gasteiger partial charge on any atom is 0.370 e. The highest BCUT2D eigenvalue weighted by Crippen LogP contribution is 2.37. The summed E-state index contributed by atoms with van der Waals surface area (Å²) in [5, 5.41) is 8.62. The van der Waals surface area contributed by atoms with E-state index in [1.54, 1.807) is 0 Å². The summed E-state index contributed by atoms with van der Waals surface area (Å²) < 4.78 is 53.5. The van der Waals surface area contributed by atoms with E-state index in [2.05, 4.69) is 11.3 Å². The summed E-state index contributed by atoms with van der Waals surface area (Å²) in [5.74, 6) is -10.7. The predicted molar refractivity (Wildman–Crippen MR) is 42.5 cm³/mol. The standard InChI is InChI=1S/C8H10F4O3/c1-4(2)5(13)15-6(14)8(11,12)7(3,9)10/h6,14H,1H2,2-3H3. The molecule has 0 aromatic rings. The fraction of sp³-hybridized carbons (Fsp3) is 0.625. The average molecular weight is 230 g/mol. The molecule has 0 amide bonds. The molecule has 7 heteroatoms. The van der Waals surface area contributed by atoms with Gasteiger partial charge in [0.25, 0.3) is 6.29 Å². The SMILES string of the molecule is C=C(C)C(=O)OC(O)C(F)(F)C(C)(F)F. The first-order valence-electron chi connectivity index (χ1n) is 3.80. The lowest BCUT2D eigenvalue weighted by Crippen LogP contribution is -2.49. The summed E-state index contributed by atoms with van der Waals surface area (Å²) in [5.41, 5.74) is -0.288. The van der Waals surface area contributed by atoms with Gasteiger partial charge in [-0.2, -0.15) is 17.6 Å². The van der Waals surface area contributed by atoms with Crippen molar-refractivity contribution in [2.75, 3.05) is 0 Å². The van der Waals surface area contributed by atoms with E-state index in [-0.39, 0.29) is 12.5 Å². The zero-order chi connectivity index (χ0) is 12.4. The molecule has 0 aliphatic heterocycles. The van der Waals surface area contributed by atoms with Crippen LogP contribution in [0.5, 0.6) is 0 Å². The Labute approximate surface area is 83.3 Å². The first-order valence-corrected chi connectivity index (χ1v) is 3.80. The van der Waals surface area contributed by atoms with Crippen LogP contribution in [0.4, 0.5) is 17.6 Å². The number of esters is 1. The molecule has 0 fully saturated rings. The third-order valence-electron chi connectivity index (χ3n) is 1.46. The summed E-state index contributed by atoms with van der Waals surface area (Å²) >= 11 is 0. The van der Waals surface area contributed by atoms with Crippen LogP contribution in [0.3, 0.4) is 0 Å². The van der Waals surface area contributed by atoms with Crippen molar-refractivity contribution in [3.8, 4) is 0 Å². The fourth-order valence-corrected chi connectivity index (χ4v) is 0.493. The Balaban J connectivity index is 4.66. The van der Waals surface area contributed by atoms with Crippen molar-refractivity contribution in [1.29, 1.82) is 0 Å². The van der Waals surface area contributed by atoms with Crippen molar-refractivity contribution in [3.05, 3.63) is 12.2 Å². The van der Waals surface area contributed by atoms with Crippen molar-refractivity contribution in [3.63, 3.8) is 0 Å². The highest BCUT2D eigenvalue weighted by Gasteiger charge is 2.59. The third-order valence-corrected chi connectivity index (χ3v) is 1.46. The minimum Gasteiger partial charge on any atom is -0.426 e. The van der Waals surface area contributed by atoms with Crippen LogP contribution in [0.15, 0.2) is 12.2 Å². The zero-order valence-electron chi connectivity index (χ0n) is 8.06. The van der Waals surface area contributed by atoms with Gasteiger partial charge in [-0.15, -0.1) is 0 Å². The van der Waals surface area contributed by atoms with Crippen molar-refractivity contribution in [2.24, 2.45) is 0 Å². The lowest BCUT2D eigenvalue weighted by atomic mass is 10.2. The molecule has 0 saturated carbocycles. The monoisotopic (exact) mass is 230 g/mol. The molecule has 0 radical (unpaired) electrons. The molecule has 0 spiro atoms. The van der Waals surface area contributed by atoms with E-state index in [0.29, 0.717) is 0 Å². The highest BCUT2D eigenvalue weighted by molar-refractivity contribution is 5.87. The number of aliphatic hydroxyl groups is 1. The topological polar surface area (TPSA) is 46.5 Å². The van der Waals surface area contributed by atoms with Gasteiger partial charge in [0.1, 0.15) is 0 Å². The summed E-state index contributed by atoms with van der Waals surface area (Å²) in [6, 6.07) is 0. The number of ether oxygens (including phenoxy) is 1. The van der Waals surface area contributed by atoms with Gasteiger partial charge in [0.2, 0.25) is 0 Å². The molecule has 0 aliphatic carbocycles. The number of hydrogen-bond donors (Lipinski definition) is 1. The molecular weight excluding hydrogens is 220 g/mol. The van der Waals surface area contributed by atoms with Crippen molar-refractivity contribution in [1.82, 2.24) is 0 Å². The molecule has 0 aromatic heterocycles. The van der Waals surface area contributed by atoms with Crippen LogP contribution >= 0.6 is 0 Å². The number of hydrogen-bond acceptors (Lipinski definition) is 3. The van der Waals surface area contributed by atoms with Crippen molar-refractivity contribution in [2.45, 2.75) is 32.0 Å². The number of carbonyl (C=O) groups excluding carboxylic acids is 1. The molecule has 0 bridgehead atoms. The lowest BCUT2D eigenvalue weighted by molar-refractivity contribution is -0.300. The van der Waals surface area contributed by atoms with Crippen LogP contribution in [0, 0.1) is 0 Å². The number of rotatable bonds is 4. The van der Waals surface area contributed by atoms with Gasteiger partial charge >= 0.3 is 17.8 Å². The molecule has 15 heavy (non-hydrogen) atoms. The third kappa shape index (κ3) is 3.19. The van der Waals surface area contributed by atoms with Crippen molar-refractivity contribution < 1.29 is 32.2 Å². The number of alkyl halides is 4. The first-order chi connectivity index (χ1) is 6.50. The Bertz CT molecular complexity index is 270. The molecule has 3 nitrogen and oxygen atoms in total. The normalized spacial score (nSPS) is 14.6. The summed E-state index contributed by atoms with van der Waals surface area (Å²) in [6.07, 6.45) is -3.21. The molecule has 88 valence electrons. The van der Waals surface area contributed by atoms with Crippen molar-refractivity contribution >= 4 is 5.97 Å². The lowest BCUT2D eigenvalue weighted by Gasteiger charge is -2.26. The predicted octanol–water partition coefficient (Wildman–Crippen LogP) is 1.71. The van der Waals surface area contributed by atoms with Gasteiger partial charge in [-0.25, -0.2) is 4.79 Å².